The minimum atomic E-state index is -1.17. The first kappa shape index (κ1) is 12.2. The Morgan fingerprint density at radius 2 is 2.11 bits per heavy atom. The number of nitrogens with two attached hydrogens (primary N) is 1. The molecule has 1 fully saturated rings. The van der Waals surface area contributed by atoms with E-state index in [1.165, 1.54) is 17.0 Å². The minimum absolute atomic E-state index is 0.156. The third kappa shape index (κ3) is 1.75. The van der Waals surface area contributed by atoms with Gasteiger partial charge in [0.05, 0.1) is 12.8 Å². The van der Waals surface area contributed by atoms with E-state index in [-0.39, 0.29) is 12.6 Å². The molecule has 4 atom stereocenters. The quantitative estimate of drug-likeness (QED) is 0.483. The van der Waals surface area contributed by atoms with Crippen LogP contribution in [0.25, 0.3) is 5.65 Å². The summed E-state index contributed by atoms with van der Waals surface area (Å²) in [4.78, 5) is 7.82. The van der Waals surface area contributed by atoms with Crippen LogP contribution in [0.1, 0.15) is 11.7 Å². The van der Waals surface area contributed by atoms with Gasteiger partial charge in [-0.15, -0.1) is 0 Å². The molecule has 0 amide bonds. The van der Waals surface area contributed by atoms with Gasteiger partial charge in [-0.3, -0.25) is 0 Å². The molecule has 2 aromatic rings. The highest BCUT2D eigenvalue weighted by molar-refractivity contribution is 5.50. The molecule has 3 rings (SSSR count). The zero-order chi connectivity index (χ0) is 13.6. The number of ether oxygens (including phenoxy) is 1. The fourth-order valence-electron chi connectivity index (χ4n) is 2.21. The third-order valence-electron chi connectivity index (χ3n) is 3.21. The Morgan fingerprint density at radius 3 is 2.79 bits per heavy atom. The highest BCUT2D eigenvalue weighted by atomic mass is 16.6. The van der Waals surface area contributed by atoms with Gasteiger partial charge in [0.15, 0.2) is 5.65 Å². The van der Waals surface area contributed by atoms with Crippen LogP contribution in [0.3, 0.4) is 0 Å². The maximum absolute atomic E-state index is 9.96. The van der Waals surface area contributed by atoms with Gasteiger partial charge < -0.3 is 25.8 Å². The average molecular weight is 267 g/mol. The Bertz CT molecular complexity index is 603. The number of rotatable bonds is 2. The standard InChI is InChI=1S/C10H13N5O4/c11-10-13-3-12-9-4(1-14-15(9)10)8-7(18)6(17)5(2-16)19-8/h1,3,5-8,16-18H,2H2,(H2,11,12,13)/t5-,6?,7+,8+/m0/s1. The van der Waals surface area contributed by atoms with Crippen molar-refractivity contribution in [3.05, 3.63) is 18.1 Å². The number of aliphatic hydroxyl groups excluding tert-OH is 3. The molecule has 0 saturated carbocycles. The maximum atomic E-state index is 9.96. The molecule has 1 aliphatic heterocycles. The van der Waals surface area contributed by atoms with E-state index in [1.807, 2.05) is 0 Å². The van der Waals surface area contributed by atoms with E-state index in [0.29, 0.717) is 11.2 Å². The number of nitrogen functional groups attached to an aromatic ring is 1. The van der Waals surface area contributed by atoms with Gasteiger partial charge in [0.2, 0.25) is 5.95 Å². The van der Waals surface area contributed by atoms with Crippen LogP contribution >= 0.6 is 0 Å². The molecule has 1 saturated heterocycles. The molecule has 0 radical (unpaired) electrons. The van der Waals surface area contributed by atoms with E-state index in [4.69, 9.17) is 15.6 Å². The normalized spacial score (nSPS) is 31.1. The van der Waals surface area contributed by atoms with Crippen LogP contribution in [0, 0.1) is 0 Å². The molecule has 2 aromatic heterocycles. The Kier molecular flexibility index (Phi) is 2.82. The van der Waals surface area contributed by atoms with Crippen molar-refractivity contribution in [2.24, 2.45) is 0 Å². The topological polar surface area (TPSA) is 139 Å². The van der Waals surface area contributed by atoms with Crippen molar-refractivity contribution in [1.82, 2.24) is 19.6 Å². The summed E-state index contributed by atoms with van der Waals surface area (Å²) >= 11 is 0. The zero-order valence-corrected chi connectivity index (χ0v) is 9.79. The van der Waals surface area contributed by atoms with Gasteiger partial charge in [0.1, 0.15) is 30.7 Å². The van der Waals surface area contributed by atoms with Crippen LogP contribution in [-0.2, 0) is 4.74 Å². The Labute approximate surface area is 107 Å². The number of anilines is 1. The van der Waals surface area contributed by atoms with Gasteiger partial charge in [-0.05, 0) is 0 Å². The van der Waals surface area contributed by atoms with Gasteiger partial charge >= 0.3 is 0 Å². The molecule has 0 aliphatic carbocycles. The van der Waals surface area contributed by atoms with Crippen molar-refractivity contribution < 1.29 is 20.1 Å². The fourth-order valence-corrected chi connectivity index (χ4v) is 2.21. The van der Waals surface area contributed by atoms with Gasteiger partial charge in [-0.2, -0.15) is 9.61 Å². The summed E-state index contributed by atoms with van der Waals surface area (Å²) in [6, 6.07) is 0. The van der Waals surface area contributed by atoms with Crippen LogP contribution in [0.4, 0.5) is 5.95 Å². The van der Waals surface area contributed by atoms with Crippen molar-refractivity contribution >= 4 is 11.6 Å². The van der Waals surface area contributed by atoms with E-state index >= 15 is 0 Å². The average Bonchev–Trinajstić information content (AvgIpc) is 2.94. The molecule has 0 bridgehead atoms. The lowest BCUT2D eigenvalue weighted by atomic mass is 10.0. The molecule has 1 aliphatic rings. The van der Waals surface area contributed by atoms with Gasteiger partial charge in [0.25, 0.3) is 0 Å². The smallest absolute Gasteiger partial charge is 0.224 e. The first-order valence-electron chi connectivity index (χ1n) is 5.70. The summed E-state index contributed by atoms with van der Waals surface area (Å²) in [5, 5.41) is 32.8. The highest BCUT2D eigenvalue weighted by Crippen LogP contribution is 2.34. The Balaban J connectivity index is 2.04. The number of fused-ring (bicyclic) bond motifs is 1. The molecule has 3 heterocycles. The van der Waals surface area contributed by atoms with Gasteiger partial charge in [-0.1, -0.05) is 0 Å². The largest absolute Gasteiger partial charge is 0.394 e. The fraction of sp³-hybridized carbons (Fsp3) is 0.500. The number of nitrogens with zero attached hydrogens (tertiary/aromatic N) is 4. The maximum Gasteiger partial charge on any atom is 0.224 e. The summed E-state index contributed by atoms with van der Waals surface area (Å²) in [6.07, 6.45) is -1.27. The van der Waals surface area contributed by atoms with E-state index in [9.17, 15) is 10.2 Å². The Morgan fingerprint density at radius 1 is 1.32 bits per heavy atom. The summed E-state index contributed by atoms with van der Waals surface area (Å²) in [7, 11) is 0. The van der Waals surface area contributed by atoms with Gasteiger partial charge in [-0.25, -0.2) is 9.97 Å². The van der Waals surface area contributed by atoms with Crippen molar-refractivity contribution in [2.45, 2.75) is 24.4 Å². The second kappa shape index (κ2) is 4.38. The zero-order valence-electron chi connectivity index (χ0n) is 9.79. The molecule has 9 heteroatoms. The van der Waals surface area contributed by atoms with Crippen molar-refractivity contribution in [1.29, 1.82) is 0 Å². The van der Waals surface area contributed by atoms with Crippen LogP contribution < -0.4 is 5.73 Å². The van der Waals surface area contributed by atoms with E-state index in [2.05, 4.69) is 15.1 Å². The second-order valence-corrected chi connectivity index (χ2v) is 4.33. The monoisotopic (exact) mass is 267 g/mol. The lowest BCUT2D eigenvalue weighted by Gasteiger charge is -2.12. The third-order valence-corrected chi connectivity index (χ3v) is 3.21. The lowest BCUT2D eigenvalue weighted by Crippen LogP contribution is -2.32. The molecule has 0 spiro atoms. The van der Waals surface area contributed by atoms with Crippen LogP contribution in [-0.4, -0.2) is 59.8 Å². The predicted octanol–water partition coefficient (Wildman–Crippen LogP) is -2.14. The van der Waals surface area contributed by atoms with Crippen LogP contribution in [0.15, 0.2) is 12.5 Å². The molecule has 0 aromatic carbocycles. The summed E-state index contributed by atoms with van der Waals surface area (Å²) in [5.41, 5.74) is 6.51. The summed E-state index contributed by atoms with van der Waals surface area (Å²) in [5.74, 6) is 0.156. The van der Waals surface area contributed by atoms with Crippen molar-refractivity contribution in [3.63, 3.8) is 0 Å². The number of aliphatic hydroxyl groups is 3. The number of hydrogen-bond donors (Lipinski definition) is 4. The highest BCUT2D eigenvalue weighted by Gasteiger charge is 2.44. The van der Waals surface area contributed by atoms with Gasteiger partial charge in [0, 0.05) is 5.56 Å². The minimum Gasteiger partial charge on any atom is -0.394 e. The molecule has 1 unspecified atom stereocenters. The molecule has 5 N–H and O–H groups in total. The predicted molar refractivity (Wildman–Crippen MR) is 61.9 cm³/mol. The molecule has 19 heavy (non-hydrogen) atoms. The lowest BCUT2D eigenvalue weighted by molar-refractivity contribution is -0.0224. The number of aromatic nitrogens is 4. The molecular weight excluding hydrogens is 254 g/mol. The van der Waals surface area contributed by atoms with Crippen molar-refractivity contribution in [3.8, 4) is 0 Å². The van der Waals surface area contributed by atoms with Crippen molar-refractivity contribution in [2.75, 3.05) is 12.3 Å². The van der Waals surface area contributed by atoms with Crippen LogP contribution in [0.2, 0.25) is 0 Å². The first-order valence-corrected chi connectivity index (χ1v) is 5.70. The van der Waals surface area contributed by atoms with E-state index in [1.54, 1.807) is 0 Å². The molecular formula is C10H13N5O4. The van der Waals surface area contributed by atoms with Crippen LogP contribution in [0.5, 0.6) is 0 Å². The first-order chi connectivity index (χ1) is 9.13. The Hall–Kier alpha value is -1.81. The SMILES string of the molecule is Nc1ncnc2c([C@H]3O[C@@H](CO)C(O)[C@H]3O)cnn12. The van der Waals surface area contributed by atoms with E-state index in [0.717, 1.165) is 0 Å². The second-order valence-electron chi connectivity index (χ2n) is 4.33. The summed E-state index contributed by atoms with van der Waals surface area (Å²) in [6.45, 7) is -0.384. The molecule has 102 valence electrons. The summed E-state index contributed by atoms with van der Waals surface area (Å²) < 4.78 is 6.73. The van der Waals surface area contributed by atoms with E-state index < -0.39 is 24.4 Å². The number of hydrogen-bond acceptors (Lipinski definition) is 8. The molecule has 9 nitrogen and oxygen atoms in total.